The van der Waals surface area contributed by atoms with Crippen molar-refractivity contribution in [3.8, 4) is 0 Å². The summed E-state index contributed by atoms with van der Waals surface area (Å²) in [5.41, 5.74) is -0.489. The molecule has 1 aromatic rings. The average Bonchev–Trinajstić information content (AvgIpc) is 2.59. The first-order valence-corrected chi connectivity index (χ1v) is 8.39. The molecule has 20 heavy (non-hydrogen) atoms. The van der Waals surface area contributed by atoms with Crippen LogP contribution in [0.25, 0.3) is 0 Å². The van der Waals surface area contributed by atoms with Crippen LogP contribution in [0.4, 0.5) is 5.95 Å². The Kier molecular flexibility index (Phi) is 3.02. The molecule has 2 aliphatic rings. The van der Waals surface area contributed by atoms with E-state index in [1.807, 2.05) is 14.1 Å². The zero-order chi connectivity index (χ0) is 14.5. The Bertz CT molecular complexity index is 592. The third-order valence-electron chi connectivity index (χ3n) is 4.45. The first-order valence-electron chi connectivity index (χ1n) is 6.78. The summed E-state index contributed by atoms with van der Waals surface area (Å²) in [6.45, 7) is 0. The van der Waals surface area contributed by atoms with Crippen LogP contribution in [0.15, 0.2) is 12.4 Å². The number of fused-ring (bicyclic) bond motifs is 2. The van der Waals surface area contributed by atoms with Gasteiger partial charge in [0.25, 0.3) is 0 Å². The minimum Gasteiger partial charge on any atom is -0.385 e. The van der Waals surface area contributed by atoms with Gasteiger partial charge in [0.2, 0.25) is 5.95 Å². The van der Waals surface area contributed by atoms with Crippen LogP contribution in [0.5, 0.6) is 0 Å². The lowest BCUT2D eigenvalue weighted by Crippen LogP contribution is -2.43. The quantitative estimate of drug-likeness (QED) is 0.854. The molecule has 3 rings (SSSR count). The van der Waals surface area contributed by atoms with E-state index in [1.54, 1.807) is 17.3 Å². The van der Waals surface area contributed by atoms with E-state index in [0.717, 1.165) is 0 Å². The minimum atomic E-state index is -3.04. The zero-order valence-electron chi connectivity index (χ0n) is 11.7. The van der Waals surface area contributed by atoms with Gasteiger partial charge in [0.05, 0.1) is 16.1 Å². The lowest BCUT2D eigenvalue weighted by Gasteiger charge is -2.36. The van der Waals surface area contributed by atoms with E-state index in [-0.39, 0.29) is 12.8 Å². The van der Waals surface area contributed by atoms with Crippen molar-refractivity contribution in [2.24, 2.45) is 0 Å². The van der Waals surface area contributed by atoms with Crippen molar-refractivity contribution in [1.82, 2.24) is 9.97 Å². The highest BCUT2D eigenvalue weighted by Gasteiger charge is 2.53. The Morgan fingerprint density at radius 3 is 2.15 bits per heavy atom. The highest BCUT2D eigenvalue weighted by Crippen LogP contribution is 2.47. The number of rotatable bonds is 2. The molecule has 1 N–H and O–H groups in total. The Morgan fingerprint density at radius 1 is 1.20 bits per heavy atom. The molecule has 2 unspecified atom stereocenters. The molecule has 0 amide bonds. The molecular weight excluding hydrogens is 278 g/mol. The van der Waals surface area contributed by atoms with Gasteiger partial charge >= 0.3 is 0 Å². The van der Waals surface area contributed by atoms with Gasteiger partial charge in [-0.15, -0.1) is 0 Å². The van der Waals surface area contributed by atoms with Crippen LogP contribution in [0.3, 0.4) is 0 Å². The Hall–Kier alpha value is -1.21. The second-order valence-corrected chi connectivity index (χ2v) is 8.53. The van der Waals surface area contributed by atoms with E-state index < -0.39 is 25.9 Å². The van der Waals surface area contributed by atoms with Crippen molar-refractivity contribution in [2.45, 2.75) is 41.8 Å². The van der Waals surface area contributed by atoms with Crippen LogP contribution in [0.2, 0.25) is 0 Å². The van der Waals surface area contributed by atoms with Gasteiger partial charge in [0, 0.05) is 32.1 Å². The number of nitrogens with zero attached hydrogens (tertiary/aromatic N) is 3. The smallest absolute Gasteiger partial charge is 0.224 e. The highest BCUT2D eigenvalue weighted by molar-refractivity contribution is 7.93. The summed E-state index contributed by atoms with van der Waals surface area (Å²) in [5, 5.41) is 9.99. The van der Waals surface area contributed by atoms with Crippen molar-refractivity contribution in [3.63, 3.8) is 0 Å². The van der Waals surface area contributed by atoms with Gasteiger partial charge in [-0.1, -0.05) is 0 Å². The number of hydrogen-bond donors (Lipinski definition) is 1. The van der Waals surface area contributed by atoms with Crippen LogP contribution in [-0.4, -0.2) is 48.1 Å². The largest absolute Gasteiger partial charge is 0.385 e. The molecule has 2 aliphatic heterocycles. The van der Waals surface area contributed by atoms with E-state index >= 15 is 0 Å². The molecule has 2 fully saturated rings. The van der Waals surface area contributed by atoms with Gasteiger partial charge in [-0.2, -0.15) is 0 Å². The molecule has 0 spiro atoms. The second-order valence-electron chi connectivity index (χ2n) is 6.02. The molecule has 3 heterocycles. The standard InChI is InChI=1S/C13H19N3O3S/c1-16(2)12-14-7-9(8-15-12)13(17)5-10-3-4-11(6-13)20(10,18)19/h7-8,10-11,17H,3-6H2,1-2H3. The van der Waals surface area contributed by atoms with Crippen LogP contribution < -0.4 is 4.90 Å². The summed E-state index contributed by atoms with van der Waals surface area (Å²) < 4.78 is 24.2. The van der Waals surface area contributed by atoms with Gasteiger partial charge in [-0.25, -0.2) is 18.4 Å². The Morgan fingerprint density at radius 2 is 1.70 bits per heavy atom. The predicted octanol–water partition coefficient (Wildman–Crippen LogP) is 0.470. The van der Waals surface area contributed by atoms with Crippen LogP contribution in [-0.2, 0) is 15.4 Å². The summed E-state index contributed by atoms with van der Waals surface area (Å²) in [7, 11) is 0.650. The van der Waals surface area contributed by atoms with Gasteiger partial charge in [0.1, 0.15) is 0 Å². The van der Waals surface area contributed by atoms with Crippen LogP contribution in [0, 0.1) is 0 Å². The van der Waals surface area contributed by atoms with Crippen molar-refractivity contribution >= 4 is 15.8 Å². The minimum absolute atomic E-state index is 0.260. The topological polar surface area (TPSA) is 83.4 Å². The third-order valence-corrected chi connectivity index (χ3v) is 7.11. The van der Waals surface area contributed by atoms with Crippen molar-refractivity contribution in [1.29, 1.82) is 0 Å². The Balaban J connectivity index is 1.91. The van der Waals surface area contributed by atoms with E-state index in [1.165, 1.54) is 0 Å². The fraction of sp³-hybridized carbons (Fsp3) is 0.692. The predicted molar refractivity (Wildman–Crippen MR) is 75.2 cm³/mol. The van der Waals surface area contributed by atoms with E-state index in [4.69, 9.17) is 0 Å². The van der Waals surface area contributed by atoms with E-state index in [2.05, 4.69) is 9.97 Å². The molecule has 7 heteroatoms. The van der Waals surface area contributed by atoms with Gasteiger partial charge in [0.15, 0.2) is 9.84 Å². The first kappa shape index (κ1) is 13.8. The summed E-state index contributed by atoms with van der Waals surface area (Å²) >= 11 is 0. The summed E-state index contributed by atoms with van der Waals surface area (Å²) in [5.74, 6) is 0.573. The normalized spacial score (nSPS) is 35.0. The monoisotopic (exact) mass is 297 g/mol. The lowest BCUT2D eigenvalue weighted by molar-refractivity contribution is 0.0167. The number of aromatic nitrogens is 2. The summed E-state index contributed by atoms with van der Waals surface area (Å²) in [6.07, 6.45) is 5.06. The molecule has 2 atom stereocenters. The second kappa shape index (κ2) is 4.39. The maximum absolute atomic E-state index is 12.1. The number of sulfone groups is 1. The van der Waals surface area contributed by atoms with Gasteiger partial charge < -0.3 is 10.0 Å². The van der Waals surface area contributed by atoms with Crippen LogP contribution >= 0.6 is 0 Å². The molecular formula is C13H19N3O3S. The Labute approximate surface area is 118 Å². The van der Waals surface area contributed by atoms with Crippen molar-refractivity contribution < 1.29 is 13.5 Å². The highest BCUT2D eigenvalue weighted by atomic mass is 32.2. The zero-order valence-corrected chi connectivity index (χ0v) is 12.5. The molecule has 0 aliphatic carbocycles. The number of anilines is 1. The van der Waals surface area contributed by atoms with Crippen molar-refractivity contribution in [2.75, 3.05) is 19.0 Å². The molecule has 0 radical (unpaired) electrons. The molecule has 1 aromatic heterocycles. The fourth-order valence-electron chi connectivity index (χ4n) is 3.27. The maximum Gasteiger partial charge on any atom is 0.224 e. The summed E-state index contributed by atoms with van der Waals surface area (Å²) in [4.78, 5) is 10.2. The van der Waals surface area contributed by atoms with Crippen molar-refractivity contribution in [3.05, 3.63) is 18.0 Å². The number of hydrogen-bond acceptors (Lipinski definition) is 6. The number of aliphatic hydroxyl groups is 1. The average molecular weight is 297 g/mol. The SMILES string of the molecule is CN(C)c1ncc(C2(O)CC3CCC(C2)S3(=O)=O)cn1. The third kappa shape index (κ3) is 2.00. The molecule has 2 saturated heterocycles. The molecule has 0 saturated carbocycles. The molecule has 6 nitrogen and oxygen atoms in total. The van der Waals surface area contributed by atoms with E-state index in [0.29, 0.717) is 24.4 Å². The van der Waals surface area contributed by atoms with E-state index in [9.17, 15) is 13.5 Å². The van der Waals surface area contributed by atoms with Gasteiger partial charge in [-0.3, -0.25) is 0 Å². The summed E-state index contributed by atoms with van der Waals surface area (Å²) in [6, 6.07) is 0. The molecule has 110 valence electrons. The fourth-order valence-corrected chi connectivity index (χ4v) is 5.76. The lowest BCUT2D eigenvalue weighted by atomic mass is 9.88. The molecule has 0 aromatic carbocycles. The van der Waals surface area contributed by atoms with Gasteiger partial charge in [-0.05, 0) is 25.7 Å². The maximum atomic E-state index is 12.1. The molecule has 2 bridgehead atoms. The van der Waals surface area contributed by atoms with Crippen LogP contribution in [0.1, 0.15) is 31.2 Å². The first-order chi connectivity index (χ1) is 9.33.